The summed E-state index contributed by atoms with van der Waals surface area (Å²) in [6.07, 6.45) is 0.107. The van der Waals surface area contributed by atoms with Crippen LogP contribution in [0.4, 0.5) is 0 Å². The zero-order valence-electron chi connectivity index (χ0n) is 22.2. The maximum absolute atomic E-state index is 14.3. The van der Waals surface area contributed by atoms with Crippen LogP contribution in [-0.2, 0) is 31.2 Å². The zero-order chi connectivity index (χ0) is 26.9. The molecule has 8 nitrogen and oxygen atoms in total. The molecule has 2 N–H and O–H groups in total. The van der Waals surface area contributed by atoms with Gasteiger partial charge < -0.3 is 19.8 Å². The number of esters is 2. The molecular weight excluding hydrogens is 486 g/mol. The zero-order valence-corrected chi connectivity index (χ0v) is 23.2. The van der Waals surface area contributed by atoms with Gasteiger partial charge in [-0.05, 0) is 29.7 Å². The van der Waals surface area contributed by atoms with Crippen molar-refractivity contribution in [3.63, 3.8) is 0 Å². The van der Waals surface area contributed by atoms with E-state index in [2.05, 4.69) is 39.9 Å². The number of nitrogens with zero attached hydrogens (tertiary/aromatic N) is 2. The van der Waals surface area contributed by atoms with E-state index in [1.165, 1.54) is 0 Å². The van der Waals surface area contributed by atoms with Gasteiger partial charge in [-0.2, -0.15) is 0 Å². The Hall–Kier alpha value is -3.30. The first-order valence-corrected chi connectivity index (χ1v) is 15.7. The van der Waals surface area contributed by atoms with Gasteiger partial charge >= 0.3 is 11.9 Å². The van der Waals surface area contributed by atoms with Crippen molar-refractivity contribution in [2.75, 3.05) is 6.54 Å². The average Bonchev–Trinajstić information content (AvgIpc) is 3.21. The standard InChI is InChI=1S/C28H33N3O5Si/c1-7-28(36-21(32)14-29)18-13-20-23-17(12-16-10-8-9-11-19(16)30-23)15-31(20)24(33)22(18)25(35-26(28)34)37(5,6)27(2,3)4/h8-13,25H,7,14-15,29H2,1-6H3. The van der Waals surface area contributed by atoms with Crippen molar-refractivity contribution in [1.82, 2.24) is 9.55 Å². The van der Waals surface area contributed by atoms with Crippen LogP contribution in [-0.4, -0.2) is 36.1 Å². The van der Waals surface area contributed by atoms with Gasteiger partial charge in [-0.15, -0.1) is 0 Å². The van der Waals surface area contributed by atoms with Crippen LogP contribution in [0, 0.1) is 0 Å². The number of fused-ring (bicyclic) bond motifs is 5. The second-order valence-electron chi connectivity index (χ2n) is 11.6. The summed E-state index contributed by atoms with van der Waals surface area (Å²) in [6.45, 7) is 12.3. The average molecular weight is 520 g/mol. The van der Waals surface area contributed by atoms with Crippen molar-refractivity contribution >= 4 is 30.9 Å². The van der Waals surface area contributed by atoms with Gasteiger partial charge in [-0.3, -0.25) is 9.59 Å². The van der Waals surface area contributed by atoms with E-state index in [1.54, 1.807) is 11.5 Å². The fraction of sp³-hybridized carbons (Fsp3) is 0.429. The molecular formula is C28H33N3O5Si. The summed E-state index contributed by atoms with van der Waals surface area (Å²) in [7, 11) is -2.44. The third-order valence-corrected chi connectivity index (χ3v) is 14.1. The number of pyridine rings is 2. The Morgan fingerprint density at radius 2 is 1.95 bits per heavy atom. The number of hydrogen-bond acceptors (Lipinski definition) is 7. The van der Waals surface area contributed by atoms with E-state index in [0.717, 1.165) is 16.5 Å². The number of carbonyl (C=O) groups excluding carboxylic acids is 2. The van der Waals surface area contributed by atoms with E-state index >= 15 is 0 Å². The van der Waals surface area contributed by atoms with Crippen LogP contribution in [0.15, 0.2) is 41.2 Å². The van der Waals surface area contributed by atoms with Gasteiger partial charge in [0.1, 0.15) is 13.8 Å². The fourth-order valence-corrected chi connectivity index (χ4v) is 7.48. The molecule has 0 amide bonds. The molecule has 2 aromatic heterocycles. The Kier molecular flexibility index (Phi) is 5.73. The van der Waals surface area contributed by atoms with E-state index in [0.29, 0.717) is 29.1 Å². The topological polar surface area (TPSA) is 114 Å². The van der Waals surface area contributed by atoms with E-state index in [-0.39, 0.29) is 17.0 Å². The number of hydrogen-bond donors (Lipinski definition) is 1. The molecule has 3 aromatic rings. The Morgan fingerprint density at radius 3 is 2.59 bits per heavy atom. The summed E-state index contributed by atoms with van der Waals surface area (Å²) in [5.74, 6) is -1.39. The molecule has 0 aliphatic carbocycles. The second-order valence-corrected chi connectivity index (χ2v) is 17.0. The summed E-state index contributed by atoms with van der Waals surface area (Å²) >= 11 is 0. The monoisotopic (exact) mass is 519 g/mol. The number of ether oxygens (including phenoxy) is 2. The number of cyclic esters (lactones) is 1. The van der Waals surface area contributed by atoms with E-state index in [4.69, 9.17) is 20.2 Å². The summed E-state index contributed by atoms with van der Waals surface area (Å²) in [5, 5.41) is 0.803. The highest BCUT2D eigenvalue weighted by molar-refractivity contribution is 6.81. The quantitative estimate of drug-likeness (QED) is 0.318. The number of para-hydroxylation sites is 1. The molecule has 2 aliphatic rings. The van der Waals surface area contributed by atoms with Crippen LogP contribution in [0.5, 0.6) is 0 Å². The lowest BCUT2D eigenvalue weighted by atomic mass is 9.85. The highest BCUT2D eigenvalue weighted by Crippen LogP contribution is 2.51. The number of rotatable bonds is 4. The molecule has 0 spiro atoms. The van der Waals surface area contributed by atoms with E-state index < -0.39 is 37.9 Å². The predicted octanol–water partition coefficient (Wildman–Crippen LogP) is 4.18. The Bertz CT molecular complexity index is 1520. The molecule has 0 radical (unpaired) electrons. The molecule has 194 valence electrons. The maximum Gasteiger partial charge on any atom is 0.355 e. The second kappa shape index (κ2) is 8.36. The number of carbonyl (C=O) groups is 2. The molecule has 0 saturated carbocycles. The van der Waals surface area contributed by atoms with E-state index in [1.807, 2.05) is 30.3 Å². The maximum atomic E-state index is 14.3. The third-order valence-electron chi connectivity index (χ3n) is 8.50. The van der Waals surface area contributed by atoms with Crippen LogP contribution in [0.25, 0.3) is 22.3 Å². The van der Waals surface area contributed by atoms with Crippen molar-refractivity contribution in [1.29, 1.82) is 0 Å². The predicted molar refractivity (Wildman–Crippen MR) is 144 cm³/mol. The molecule has 2 unspecified atom stereocenters. The largest absolute Gasteiger partial charge is 0.458 e. The van der Waals surface area contributed by atoms with Gasteiger partial charge in [-0.1, -0.05) is 59.0 Å². The van der Waals surface area contributed by atoms with Gasteiger partial charge in [0.25, 0.3) is 5.56 Å². The Labute approximate surface area is 216 Å². The van der Waals surface area contributed by atoms with Crippen molar-refractivity contribution in [3.8, 4) is 11.4 Å². The third kappa shape index (κ3) is 3.59. The van der Waals surface area contributed by atoms with Crippen molar-refractivity contribution in [2.45, 2.75) is 70.1 Å². The molecule has 5 rings (SSSR count). The lowest BCUT2D eigenvalue weighted by Gasteiger charge is -2.47. The van der Waals surface area contributed by atoms with Gasteiger partial charge in [-0.25, -0.2) is 9.78 Å². The smallest absolute Gasteiger partial charge is 0.355 e. The highest BCUT2D eigenvalue weighted by Gasteiger charge is 2.58. The van der Waals surface area contributed by atoms with Crippen LogP contribution in [0.2, 0.25) is 18.1 Å². The first-order valence-electron chi connectivity index (χ1n) is 12.7. The first kappa shape index (κ1) is 25.4. The first-order chi connectivity index (χ1) is 17.4. The van der Waals surface area contributed by atoms with Gasteiger partial charge in [0, 0.05) is 16.5 Å². The molecule has 37 heavy (non-hydrogen) atoms. The van der Waals surface area contributed by atoms with Gasteiger partial charge in [0.15, 0.2) is 0 Å². The summed E-state index contributed by atoms with van der Waals surface area (Å²) in [4.78, 5) is 45.4. The number of nitrogens with two attached hydrogens (primary N) is 1. The highest BCUT2D eigenvalue weighted by atomic mass is 28.3. The molecule has 2 atom stereocenters. The minimum absolute atomic E-state index is 0.107. The van der Waals surface area contributed by atoms with Crippen LogP contribution in [0.3, 0.4) is 0 Å². The number of benzene rings is 1. The summed E-state index contributed by atoms with van der Waals surface area (Å²) in [6, 6.07) is 11.7. The molecule has 0 bridgehead atoms. The molecule has 0 saturated heterocycles. The minimum Gasteiger partial charge on any atom is -0.458 e. The van der Waals surface area contributed by atoms with Crippen molar-refractivity contribution in [2.24, 2.45) is 5.73 Å². The molecule has 0 fully saturated rings. The molecule has 9 heteroatoms. The SMILES string of the molecule is CCC1(OC(=O)CN)C(=O)OC([Si](C)(C)C(C)(C)C)c2c1cc1n(c2=O)Cc2cc3ccccc3nc2-1. The minimum atomic E-state index is -2.44. The normalized spacial score (nSPS) is 20.7. The van der Waals surface area contributed by atoms with Crippen molar-refractivity contribution < 1.29 is 19.1 Å². The molecule has 1 aromatic carbocycles. The lowest BCUT2D eigenvalue weighted by Crippen LogP contribution is -2.56. The summed E-state index contributed by atoms with van der Waals surface area (Å²) in [5.41, 5.74) is 6.70. The Balaban J connectivity index is 1.84. The van der Waals surface area contributed by atoms with Crippen molar-refractivity contribution in [3.05, 3.63) is 63.4 Å². The van der Waals surface area contributed by atoms with E-state index in [9.17, 15) is 14.4 Å². The summed E-state index contributed by atoms with van der Waals surface area (Å²) < 4.78 is 13.6. The lowest BCUT2D eigenvalue weighted by molar-refractivity contribution is -0.189. The van der Waals surface area contributed by atoms with Crippen LogP contribution >= 0.6 is 0 Å². The molecule has 2 aliphatic heterocycles. The van der Waals surface area contributed by atoms with Crippen LogP contribution < -0.4 is 11.3 Å². The van der Waals surface area contributed by atoms with Crippen LogP contribution in [0.1, 0.15) is 56.5 Å². The van der Waals surface area contributed by atoms with Gasteiger partial charge in [0.2, 0.25) is 5.60 Å². The van der Waals surface area contributed by atoms with Gasteiger partial charge in [0.05, 0.1) is 35.6 Å². The molecule has 4 heterocycles. The fourth-order valence-electron chi connectivity index (χ4n) is 5.29. The number of aromatic nitrogens is 2. The Morgan fingerprint density at radius 1 is 1.24 bits per heavy atom.